The molecule has 0 aliphatic carbocycles. The number of aryl methyl sites for hydroxylation is 2. The number of rotatable bonds is 17. The van der Waals surface area contributed by atoms with Crippen molar-refractivity contribution in [1.82, 2.24) is 39.1 Å². The second-order valence-electron chi connectivity index (χ2n) is 16.6. The summed E-state index contributed by atoms with van der Waals surface area (Å²) >= 11 is 0. The van der Waals surface area contributed by atoms with Crippen molar-refractivity contribution in [1.29, 1.82) is 0 Å². The number of nitrogens with zero attached hydrogens (tertiary/aromatic N) is 9. The van der Waals surface area contributed by atoms with Gasteiger partial charge >= 0.3 is 0 Å². The van der Waals surface area contributed by atoms with E-state index in [0.29, 0.717) is 51.8 Å². The van der Waals surface area contributed by atoms with Crippen molar-refractivity contribution >= 4 is 30.0 Å². The van der Waals surface area contributed by atoms with Crippen molar-refractivity contribution in [3.05, 3.63) is 155 Å². The Kier molecular flexibility index (Phi) is 17.4. The molecule has 0 saturated heterocycles. The molecule has 6 heterocycles. The number of carbonyl (C=O) groups is 3. The number of carbonyl (C=O) groups excluding carboxylic acids is 3. The van der Waals surface area contributed by atoms with Crippen molar-refractivity contribution in [2.24, 2.45) is 21.5 Å². The maximum atomic E-state index is 14.5. The average molecular weight is 977 g/mol. The van der Waals surface area contributed by atoms with Gasteiger partial charge < -0.3 is 25.9 Å². The molecular formula is C52H60F4N12O3. The maximum absolute atomic E-state index is 14.5. The Labute approximate surface area is 410 Å². The fourth-order valence-corrected chi connectivity index (χ4v) is 8.61. The largest absolute Gasteiger partial charge is 0.369 e. The molecular weight excluding hydrogens is 917 g/mol. The average Bonchev–Trinajstić information content (AvgIpc) is 4.11. The highest BCUT2D eigenvalue weighted by Crippen LogP contribution is 2.43. The van der Waals surface area contributed by atoms with Crippen LogP contribution in [0.4, 0.5) is 17.6 Å². The Morgan fingerprint density at radius 1 is 0.648 bits per heavy atom. The van der Waals surface area contributed by atoms with Crippen LogP contribution in [0.15, 0.2) is 120 Å². The number of amides is 2. The topological polar surface area (TPSA) is 185 Å². The number of alkyl halides is 2. The van der Waals surface area contributed by atoms with Crippen LogP contribution in [0.2, 0.25) is 0 Å². The molecule has 2 aliphatic rings. The summed E-state index contributed by atoms with van der Waals surface area (Å²) in [5.41, 5.74) is 13.7. The lowest BCUT2D eigenvalue weighted by Gasteiger charge is -2.25. The van der Waals surface area contributed by atoms with E-state index in [1.54, 1.807) is 86.0 Å². The van der Waals surface area contributed by atoms with Crippen LogP contribution in [0.1, 0.15) is 66.1 Å². The fourth-order valence-electron chi connectivity index (χ4n) is 8.61. The highest BCUT2D eigenvalue weighted by atomic mass is 19.1. The van der Waals surface area contributed by atoms with Gasteiger partial charge in [0.15, 0.2) is 29.3 Å². The molecule has 4 aromatic heterocycles. The SMILES string of the molecule is CCN(CC)Cc1cc(C2(c3cccc(-c4cccnc4F)c3)N=C(N)N(C)C2=O)cn1CCF.CCNCC.CN1C(=O)C(c2cccc(-c3cccnc3F)c2)(c2cc(C=O)n(CCF)c2)N=C1N. The van der Waals surface area contributed by atoms with E-state index < -0.39 is 42.2 Å². The molecule has 71 heavy (non-hydrogen) atoms. The van der Waals surface area contributed by atoms with Crippen molar-refractivity contribution < 1.29 is 31.9 Å². The molecule has 8 rings (SSSR count). The predicted octanol–water partition coefficient (Wildman–Crippen LogP) is 6.65. The van der Waals surface area contributed by atoms with Gasteiger partial charge in [-0.1, -0.05) is 64.1 Å². The van der Waals surface area contributed by atoms with Gasteiger partial charge in [0, 0.05) is 73.4 Å². The lowest BCUT2D eigenvalue weighted by atomic mass is 9.83. The lowest BCUT2D eigenvalue weighted by Crippen LogP contribution is -2.41. The number of hydrogen-bond acceptors (Lipinski definition) is 11. The van der Waals surface area contributed by atoms with E-state index in [-0.39, 0.29) is 42.2 Å². The third-order valence-corrected chi connectivity index (χ3v) is 12.5. The summed E-state index contributed by atoms with van der Waals surface area (Å²) in [6.07, 6.45) is 6.62. The monoisotopic (exact) mass is 976 g/mol. The molecule has 0 saturated carbocycles. The van der Waals surface area contributed by atoms with E-state index in [4.69, 9.17) is 11.5 Å². The van der Waals surface area contributed by atoms with E-state index in [1.807, 2.05) is 10.6 Å². The molecule has 2 aromatic carbocycles. The van der Waals surface area contributed by atoms with E-state index >= 15 is 0 Å². The second kappa shape index (κ2) is 23.4. The molecule has 0 bridgehead atoms. The van der Waals surface area contributed by atoms with E-state index in [1.165, 1.54) is 46.1 Å². The van der Waals surface area contributed by atoms with Crippen LogP contribution in [0.3, 0.4) is 0 Å². The number of nitrogens with one attached hydrogen (secondary N) is 1. The highest BCUT2D eigenvalue weighted by molar-refractivity contribution is 6.10. The van der Waals surface area contributed by atoms with Gasteiger partial charge in [-0.25, -0.2) is 28.7 Å². The number of aromatic nitrogens is 4. The molecule has 2 unspecified atom stereocenters. The first-order chi connectivity index (χ1) is 34.2. The third-order valence-electron chi connectivity index (χ3n) is 12.5. The summed E-state index contributed by atoms with van der Waals surface area (Å²) in [4.78, 5) is 59.9. The number of hydrogen-bond donors (Lipinski definition) is 3. The van der Waals surface area contributed by atoms with Gasteiger partial charge in [-0.05, 0) is 97.0 Å². The van der Waals surface area contributed by atoms with Gasteiger partial charge in [-0.2, -0.15) is 8.78 Å². The first-order valence-electron chi connectivity index (χ1n) is 23.3. The molecule has 19 heteroatoms. The van der Waals surface area contributed by atoms with Crippen LogP contribution < -0.4 is 16.8 Å². The molecule has 374 valence electrons. The van der Waals surface area contributed by atoms with E-state index in [9.17, 15) is 31.9 Å². The number of likely N-dealkylation sites (N-methyl/N-ethyl adjacent to an activating group) is 2. The minimum absolute atomic E-state index is 0.00569. The Morgan fingerprint density at radius 2 is 1.11 bits per heavy atom. The number of guanidine groups is 2. The van der Waals surface area contributed by atoms with Gasteiger partial charge in [-0.15, -0.1) is 0 Å². The lowest BCUT2D eigenvalue weighted by molar-refractivity contribution is -0.130. The maximum Gasteiger partial charge on any atom is 0.266 e. The number of halogens is 4. The number of benzene rings is 2. The molecule has 0 spiro atoms. The molecule has 15 nitrogen and oxygen atoms in total. The van der Waals surface area contributed by atoms with E-state index in [2.05, 4.69) is 57.9 Å². The molecule has 2 atom stereocenters. The molecule has 0 fully saturated rings. The smallest absolute Gasteiger partial charge is 0.266 e. The van der Waals surface area contributed by atoms with Crippen LogP contribution in [0.5, 0.6) is 0 Å². The minimum atomic E-state index is -1.59. The van der Waals surface area contributed by atoms with Gasteiger partial charge in [0.05, 0.1) is 18.8 Å². The Hall–Kier alpha value is -7.51. The van der Waals surface area contributed by atoms with Crippen molar-refractivity contribution in [2.75, 3.05) is 53.6 Å². The summed E-state index contributed by atoms with van der Waals surface area (Å²) in [6.45, 7) is 11.7. The Morgan fingerprint density at radius 3 is 1.51 bits per heavy atom. The number of pyridine rings is 2. The standard InChI is InChI=1S/C26H30F2N6O.C22H19F2N5O2.C4H11N/c1-4-33(5-2)17-21-15-20(16-34(21)13-11-27)26(24(35)32(3)25(29)31-26)19-9-6-8-18(14-19)22-10-7-12-30-23(22)28;1-28-20(31)22(27-21(28)25,16-11-17(13-30)29(12-16)9-7-23)15-5-2-4-14(10-15)18-6-3-8-26-19(18)24;1-3-5-4-2/h6-10,12,14-16H,4-5,11,13,17H2,1-3H3,(H2,29,31);2-6,8,10-13H,7,9H2,1H3,(H2,25,27);5H,3-4H2,1-2H3. The number of aldehydes is 1. The fraction of sp³-hybridized carbons (Fsp3) is 0.327. The zero-order valence-corrected chi connectivity index (χ0v) is 40.7. The summed E-state index contributed by atoms with van der Waals surface area (Å²) < 4.78 is 58.4. The quantitative estimate of drug-likeness (QED) is 0.0512. The number of aliphatic imine (C=N–C) groups is 2. The molecule has 2 amide bonds. The minimum Gasteiger partial charge on any atom is -0.369 e. The molecule has 5 N–H and O–H groups in total. The Bertz CT molecular complexity index is 2900. The summed E-state index contributed by atoms with van der Waals surface area (Å²) in [6, 6.07) is 23.6. The number of nitrogens with two attached hydrogens (primary N) is 2. The zero-order chi connectivity index (χ0) is 51.5. The van der Waals surface area contributed by atoms with Crippen LogP contribution in [-0.2, 0) is 40.3 Å². The normalized spacial score (nSPS) is 17.5. The molecule has 0 radical (unpaired) electrons. The third kappa shape index (κ3) is 10.7. The second-order valence-corrected chi connectivity index (χ2v) is 16.6. The van der Waals surface area contributed by atoms with Crippen molar-refractivity contribution in [2.45, 2.75) is 58.4 Å². The molecule has 6 aromatic rings. The highest BCUT2D eigenvalue weighted by Gasteiger charge is 2.52. The van der Waals surface area contributed by atoms with Gasteiger partial charge in [0.1, 0.15) is 13.3 Å². The van der Waals surface area contributed by atoms with E-state index in [0.717, 1.165) is 31.9 Å². The van der Waals surface area contributed by atoms with Gasteiger partial charge in [0.25, 0.3) is 11.8 Å². The Balaban J connectivity index is 0.000000213. The van der Waals surface area contributed by atoms with Crippen LogP contribution in [0.25, 0.3) is 22.3 Å². The van der Waals surface area contributed by atoms with Gasteiger partial charge in [-0.3, -0.25) is 29.1 Å². The zero-order valence-electron chi connectivity index (χ0n) is 40.7. The van der Waals surface area contributed by atoms with Gasteiger partial charge in [0.2, 0.25) is 11.9 Å². The predicted molar refractivity (Wildman–Crippen MR) is 267 cm³/mol. The van der Waals surface area contributed by atoms with Crippen molar-refractivity contribution in [3.8, 4) is 22.3 Å². The first kappa shape index (κ1) is 52.9. The summed E-state index contributed by atoms with van der Waals surface area (Å²) in [5, 5.41) is 3.11. The molecule has 2 aliphatic heterocycles. The van der Waals surface area contributed by atoms with Crippen LogP contribution in [-0.4, -0.2) is 117 Å². The van der Waals surface area contributed by atoms with Crippen LogP contribution >= 0.6 is 0 Å². The summed E-state index contributed by atoms with van der Waals surface area (Å²) in [5.74, 6) is -1.95. The van der Waals surface area contributed by atoms with Crippen molar-refractivity contribution in [3.63, 3.8) is 0 Å². The van der Waals surface area contributed by atoms with Crippen LogP contribution in [0, 0.1) is 11.9 Å². The summed E-state index contributed by atoms with van der Waals surface area (Å²) in [7, 11) is 3.07. The first-order valence-corrected chi connectivity index (χ1v) is 23.3.